The van der Waals surface area contributed by atoms with Gasteiger partial charge in [0.15, 0.2) is 0 Å². The number of benzene rings is 1. The maximum Gasteiger partial charge on any atom is 0.260 e. The fourth-order valence-corrected chi connectivity index (χ4v) is 4.55. The number of hydrogen-bond donors (Lipinski definition) is 1. The molecule has 2 saturated carbocycles. The van der Waals surface area contributed by atoms with E-state index in [-0.39, 0.29) is 23.3 Å². The zero-order chi connectivity index (χ0) is 16.9. The lowest BCUT2D eigenvalue weighted by Crippen LogP contribution is -2.34. The van der Waals surface area contributed by atoms with Gasteiger partial charge in [-0.3, -0.25) is 4.79 Å². The summed E-state index contributed by atoms with van der Waals surface area (Å²) >= 11 is 0. The van der Waals surface area contributed by atoms with E-state index in [0.717, 1.165) is 23.2 Å². The number of carbonyl (C=O) groups is 1. The normalized spacial score (nSPS) is 29.5. The molecule has 2 aliphatic rings. The molecule has 0 spiro atoms. The average Bonchev–Trinajstić information content (AvgIpc) is 3.12. The molecule has 2 fully saturated rings. The van der Waals surface area contributed by atoms with Gasteiger partial charge in [0.25, 0.3) is 5.91 Å². The summed E-state index contributed by atoms with van der Waals surface area (Å²) in [5.41, 5.74) is 6.20. The number of amides is 1. The third-order valence-electron chi connectivity index (χ3n) is 6.67. The lowest BCUT2D eigenvalue weighted by atomic mass is 9.70. The molecule has 2 bridgehead atoms. The van der Waals surface area contributed by atoms with E-state index < -0.39 is 0 Å². The first kappa shape index (κ1) is 15.4. The Bertz CT molecular complexity index is 835. The molecule has 5 nitrogen and oxygen atoms in total. The number of imidazole rings is 1. The average molecular weight is 324 g/mol. The Kier molecular flexibility index (Phi) is 3.31. The second-order valence-corrected chi connectivity index (χ2v) is 7.95. The highest BCUT2D eigenvalue weighted by atomic mass is 16.2. The number of nitrogens with zero attached hydrogens (tertiary/aromatic N) is 3. The van der Waals surface area contributed by atoms with Crippen molar-refractivity contribution in [3.8, 4) is 0 Å². The first-order valence-corrected chi connectivity index (χ1v) is 8.67. The smallest absolute Gasteiger partial charge is 0.260 e. The fourth-order valence-electron chi connectivity index (χ4n) is 4.55. The van der Waals surface area contributed by atoms with E-state index in [1.807, 2.05) is 28.8 Å². The van der Waals surface area contributed by atoms with Crippen LogP contribution in [-0.4, -0.2) is 21.2 Å². The predicted molar refractivity (Wildman–Crippen MR) is 94.5 cm³/mol. The highest BCUT2D eigenvalue weighted by Crippen LogP contribution is 2.63. The first-order chi connectivity index (χ1) is 11.4. The molecule has 1 aromatic heterocycles. The largest absolute Gasteiger partial charge is 0.321 e. The molecule has 4 rings (SSSR count). The van der Waals surface area contributed by atoms with Gasteiger partial charge in [-0.2, -0.15) is 5.10 Å². The standard InChI is InChI=1S/C19H24N4O/c1-18(2)13-8-9-19(18,3)16(10-13)21-22-17(24)11-23-12-20-14-6-4-5-7-15(14)23/h4-7,12-13H,8-11H2,1-3H3,(H,22,24)/t13-,19+/m0/s1. The quantitative estimate of drug-likeness (QED) is 0.880. The zero-order valence-corrected chi connectivity index (χ0v) is 14.5. The van der Waals surface area contributed by atoms with Crippen molar-refractivity contribution in [1.29, 1.82) is 0 Å². The Balaban J connectivity index is 1.48. The van der Waals surface area contributed by atoms with Crippen molar-refractivity contribution in [2.75, 3.05) is 0 Å². The minimum Gasteiger partial charge on any atom is -0.321 e. The number of para-hydroxylation sites is 2. The fraction of sp³-hybridized carbons (Fsp3) is 0.526. The van der Waals surface area contributed by atoms with Gasteiger partial charge in [-0.25, -0.2) is 10.4 Å². The number of fused-ring (bicyclic) bond motifs is 3. The van der Waals surface area contributed by atoms with Crippen molar-refractivity contribution in [2.24, 2.45) is 21.8 Å². The molecule has 1 aromatic carbocycles. The Morgan fingerprint density at radius 1 is 1.38 bits per heavy atom. The lowest BCUT2D eigenvalue weighted by molar-refractivity contribution is -0.121. The van der Waals surface area contributed by atoms with Gasteiger partial charge in [0.05, 0.1) is 17.4 Å². The minimum atomic E-state index is -0.102. The van der Waals surface area contributed by atoms with Gasteiger partial charge in [0.2, 0.25) is 0 Å². The second-order valence-electron chi connectivity index (χ2n) is 7.95. The molecular formula is C19H24N4O. The van der Waals surface area contributed by atoms with Crippen molar-refractivity contribution in [2.45, 2.75) is 46.6 Å². The number of rotatable bonds is 3. The molecule has 1 amide bonds. The van der Waals surface area contributed by atoms with Crippen molar-refractivity contribution in [3.63, 3.8) is 0 Å². The molecule has 0 radical (unpaired) electrons. The van der Waals surface area contributed by atoms with E-state index in [1.165, 1.54) is 12.8 Å². The van der Waals surface area contributed by atoms with Crippen LogP contribution >= 0.6 is 0 Å². The molecule has 24 heavy (non-hydrogen) atoms. The van der Waals surface area contributed by atoms with Gasteiger partial charge >= 0.3 is 0 Å². The first-order valence-electron chi connectivity index (χ1n) is 8.67. The Morgan fingerprint density at radius 2 is 2.17 bits per heavy atom. The summed E-state index contributed by atoms with van der Waals surface area (Å²) in [4.78, 5) is 16.6. The maximum absolute atomic E-state index is 12.3. The molecule has 2 aromatic rings. The monoisotopic (exact) mass is 324 g/mol. The van der Waals surface area contributed by atoms with Crippen LogP contribution in [0.25, 0.3) is 11.0 Å². The third kappa shape index (κ3) is 2.10. The molecule has 1 N–H and O–H groups in total. The van der Waals surface area contributed by atoms with E-state index >= 15 is 0 Å². The van der Waals surface area contributed by atoms with Crippen molar-refractivity contribution >= 4 is 22.7 Å². The van der Waals surface area contributed by atoms with Crippen LogP contribution in [0.2, 0.25) is 0 Å². The lowest BCUT2D eigenvalue weighted by Gasteiger charge is -2.34. The second kappa shape index (κ2) is 5.16. The van der Waals surface area contributed by atoms with Crippen molar-refractivity contribution in [3.05, 3.63) is 30.6 Å². The molecule has 2 aliphatic carbocycles. The van der Waals surface area contributed by atoms with E-state index in [1.54, 1.807) is 6.33 Å². The topological polar surface area (TPSA) is 59.3 Å². The molecule has 2 atom stereocenters. The van der Waals surface area contributed by atoms with E-state index in [0.29, 0.717) is 5.92 Å². The Morgan fingerprint density at radius 3 is 2.88 bits per heavy atom. The summed E-state index contributed by atoms with van der Waals surface area (Å²) in [6, 6.07) is 7.82. The van der Waals surface area contributed by atoms with Gasteiger partial charge in [-0.05, 0) is 42.7 Å². The summed E-state index contributed by atoms with van der Waals surface area (Å²) in [6.07, 6.45) is 5.17. The number of nitrogens with one attached hydrogen (secondary N) is 1. The SMILES string of the molecule is CC1(C)[C@H]2CC[C@]1(C)C(=NNC(=O)Cn1cnc3ccccc31)C2. The number of hydrogen-bond acceptors (Lipinski definition) is 3. The van der Waals surface area contributed by atoms with Crippen LogP contribution in [0, 0.1) is 16.7 Å². The molecular weight excluding hydrogens is 300 g/mol. The summed E-state index contributed by atoms with van der Waals surface area (Å²) < 4.78 is 1.86. The molecule has 126 valence electrons. The number of aromatic nitrogens is 2. The van der Waals surface area contributed by atoms with E-state index in [9.17, 15) is 4.79 Å². The molecule has 5 heteroatoms. The summed E-state index contributed by atoms with van der Waals surface area (Å²) in [7, 11) is 0. The minimum absolute atomic E-state index is 0.102. The molecule has 0 unspecified atom stereocenters. The van der Waals surface area contributed by atoms with Crippen LogP contribution in [-0.2, 0) is 11.3 Å². The number of hydrazone groups is 1. The highest BCUT2D eigenvalue weighted by Gasteiger charge is 2.59. The summed E-state index contributed by atoms with van der Waals surface area (Å²) in [5, 5.41) is 4.52. The van der Waals surface area contributed by atoms with Crippen LogP contribution < -0.4 is 5.43 Å². The van der Waals surface area contributed by atoms with Crippen LogP contribution in [0.5, 0.6) is 0 Å². The van der Waals surface area contributed by atoms with Crippen LogP contribution in [0.4, 0.5) is 0 Å². The summed E-state index contributed by atoms with van der Waals surface area (Å²) in [6.45, 7) is 7.22. The summed E-state index contributed by atoms with van der Waals surface area (Å²) in [5.74, 6) is 0.588. The number of carbonyl (C=O) groups excluding carboxylic acids is 1. The van der Waals surface area contributed by atoms with Gasteiger partial charge in [-0.15, -0.1) is 0 Å². The molecule has 0 saturated heterocycles. The third-order valence-corrected chi connectivity index (χ3v) is 6.67. The van der Waals surface area contributed by atoms with E-state index in [4.69, 9.17) is 0 Å². The van der Waals surface area contributed by atoms with Crippen molar-refractivity contribution < 1.29 is 4.79 Å². The maximum atomic E-state index is 12.3. The zero-order valence-electron chi connectivity index (χ0n) is 14.5. The Hall–Kier alpha value is -2.17. The molecule has 0 aliphatic heterocycles. The van der Waals surface area contributed by atoms with Crippen molar-refractivity contribution in [1.82, 2.24) is 15.0 Å². The van der Waals surface area contributed by atoms with Gasteiger partial charge in [0.1, 0.15) is 6.54 Å². The van der Waals surface area contributed by atoms with Gasteiger partial charge in [0, 0.05) is 11.1 Å². The highest BCUT2D eigenvalue weighted by molar-refractivity contribution is 5.95. The van der Waals surface area contributed by atoms with E-state index in [2.05, 4.69) is 36.3 Å². The van der Waals surface area contributed by atoms with Gasteiger partial charge in [-0.1, -0.05) is 32.9 Å². The Labute approximate surface area is 142 Å². The van der Waals surface area contributed by atoms with Crippen LogP contribution in [0.15, 0.2) is 35.7 Å². The van der Waals surface area contributed by atoms with Crippen LogP contribution in [0.3, 0.4) is 0 Å². The van der Waals surface area contributed by atoms with Gasteiger partial charge < -0.3 is 4.57 Å². The predicted octanol–water partition coefficient (Wildman–Crippen LogP) is 3.35. The van der Waals surface area contributed by atoms with Crippen LogP contribution in [0.1, 0.15) is 40.0 Å². The molecule has 1 heterocycles.